The topological polar surface area (TPSA) is 28.2 Å². The smallest absolute Gasteiger partial charge is 0.668 e. The maximum atomic E-state index is 3.60. The molecule has 15 heavy (non-hydrogen) atoms. The maximum absolute atomic E-state index is 3.60. The molecular formula is C12H30N2Ta-2. The largest absolute Gasteiger partial charge is 2.00 e. The number of hydrogen-bond acceptors (Lipinski definition) is 0. The fourth-order valence-electron chi connectivity index (χ4n) is 0. The molecule has 0 atom stereocenters. The molecule has 0 aromatic carbocycles. The van der Waals surface area contributed by atoms with E-state index >= 15 is 0 Å². The molecule has 0 aliphatic carbocycles. The fraction of sp³-hybridized carbons (Fsp3) is 0.833. The number of rotatable bonds is 2. The first-order valence-corrected chi connectivity index (χ1v) is 5.20. The van der Waals surface area contributed by atoms with E-state index in [4.69, 9.17) is 0 Å². The van der Waals surface area contributed by atoms with Crippen molar-refractivity contribution < 1.29 is 22.4 Å². The molecule has 2 nitrogen and oxygen atoms in total. The Morgan fingerprint density at radius 3 is 0.800 bits per heavy atom. The quantitative estimate of drug-likeness (QED) is 0.630. The second-order valence-electron chi connectivity index (χ2n) is 2.60. The summed E-state index contributed by atoms with van der Waals surface area (Å²) >= 11 is 0. The van der Waals surface area contributed by atoms with Crippen LogP contribution in [-0.2, 0) is 22.4 Å². The van der Waals surface area contributed by atoms with E-state index in [2.05, 4.69) is 38.3 Å². The van der Waals surface area contributed by atoms with Gasteiger partial charge in [0, 0.05) is 0 Å². The van der Waals surface area contributed by atoms with E-state index in [1.165, 1.54) is 12.8 Å². The van der Waals surface area contributed by atoms with Gasteiger partial charge in [-0.15, -0.1) is 0 Å². The van der Waals surface area contributed by atoms with Crippen LogP contribution in [0.15, 0.2) is 0 Å². The molecule has 95 valence electrons. The third-order valence-corrected chi connectivity index (χ3v) is 0.707. The van der Waals surface area contributed by atoms with Crippen LogP contribution in [0.2, 0.25) is 0 Å². The van der Waals surface area contributed by atoms with E-state index in [0.29, 0.717) is 0 Å². The second-order valence-corrected chi connectivity index (χ2v) is 2.60. The van der Waals surface area contributed by atoms with Crippen molar-refractivity contribution in [3.63, 3.8) is 0 Å². The van der Waals surface area contributed by atoms with Crippen molar-refractivity contribution in [2.45, 2.75) is 39.5 Å². The minimum Gasteiger partial charge on any atom is -0.668 e. The molecule has 0 bridgehead atoms. The van der Waals surface area contributed by atoms with Crippen LogP contribution in [0.4, 0.5) is 0 Å². The predicted molar refractivity (Wildman–Crippen MR) is 70.9 cm³/mol. The van der Waals surface area contributed by atoms with Crippen LogP contribution in [0.1, 0.15) is 39.5 Å². The zero-order valence-corrected chi connectivity index (χ0v) is 14.8. The summed E-state index contributed by atoms with van der Waals surface area (Å²) in [4.78, 5) is 0. The first-order valence-electron chi connectivity index (χ1n) is 5.20. The SMILES string of the molecule is C[N-]C.C[N-]C.[CH2-]CCC.[CH2-]CCC.[Ta+2]. The van der Waals surface area contributed by atoms with Crippen LogP contribution >= 0.6 is 0 Å². The molecule has 0 spiro atoms. The monoisotopic (exact) mass is 383 g/mol. The predicted octanol–water partition coefficient (Wildman–Crippen LogP) is 4.48. The Morgan fingerprint density at radius 2 is 0.800 bits per heavy atom. The standard InChI is InChI=1S/2C4H9.2C2H6N.Ta/c2*1-3-4-2;2*1-3-2;/h2*1,3-4H2,2H3;2*1-2H3;/q4*-1;+2. The molecule has 0 heterocycles. The minimum absolute atomic E-state index is 0. The van der Waals surface area contributed by atoms with Gasteiger partial charge in [-0.1, -0.05) is 26.7 Å². The summed E-state index contributed by atoms with van der Waals surface area (Å²) in [7, 11) is 7.00. The summed E-state index contributed by atoms with van der Waals surface area (Å²) in [5, 5.41) is 7.00. The van der Waals surface area contributed by atoms with Gasteiger partial charge in [0.2, 0.25) is 0 Å². The average molecular weight is 383 g/mol. The molecule has 0 unspecified atom stereocenters. The molecule has 1 radical (unpaired) electrons. The van der Waals surface area contributed by atoms with Crippen LogP contribution in [0.3, 0.4) is 0 Å². The van der Waals surface area contributed by atoms with Gasteiger partial charge in [-0.2, -0.15) is 41.0 Å². The van der Waals surface area contributed by atoms with E-state index in [0.717, 1.165) is 12.8 Å². The van der Waals surface area contributed by atoms with E-state index in [1.807, 2.05) is 0 Å². The van der Waals surface area contributed by atoms with E-state index in [9.17, 15) is 0 Å². The molecule has 0 saturated heterocycles. The summed E-state index contributed by atoms with van der Waals surface area (Å²) in [6.07, 6.45) is 4.56. The molecule has 0 rings (SSSR count). The van der Waals surface area contributed by atoms with Gasteiger partial charge >= 0.3 is 22.4 Å². The third kappa shape index (κ3) is 332. The maximum Gasteiger partial charge on any atom is 2.00 e. The number of hydrogen-bond donors (Lipinski definition) is 0. The first kappa shape index (κ1) is 29.6. The first-order chi connectivity index (χ1) is 6.66. The van der Waals surface area contributed by atoms with Gasteiger partial charge in [-0.25, -0.2) is 0 Å². The normalized spacial score (nSPS) is 6.40. The summed E-state index contributed by atoms with van der Waals surface area (Å²) in [6.45, 7) is 11.4. The second kappa shape index (κ2) is 61.7. The molecule has 0 saturated carbocycles. The summed E-state index contributed by atoms with van der Waals surface area (Å²) in [6, 6.07) is 0. The van der Waals surface area contributed by atoms with Crippen molar-refractivity contribution in [3.8, 4) is 0 Å². The molecule has 0 aliphatic rings. The van der Waals surface area contributed by atoms with Gasteiger partial charge in [0.1, 0.15) is 0 Å². The Hall–Kier alpha value is 0.660. The van der Waals surface area contributed by atoms with E-state index in [1.54, 1.807) is 28.2 Å². The van der Waals surface area contributed by atoms with Crippen LogP contribution in [0.5, 0.6) is 0 Å². The van der Waals surface area contributed by atoms with Crippen molar-refractivity contribution in [2.75, 3.05) is 28.2 Å². The molecule has 0 aliphatic heterocycles. The Morgan fingerprint density at radius 1 is 0.733 bits per heavy atom. The molecule has 0 aromatic heterocycles. The molecule has 0 amide bonds. The zero-order chi connectivity index (χ0) is 12.2. The van der Waals surface area contributed by atoms with Crippen molar-refractivity contribution in [1.82, 2.24) is 0 Å². The summed E-state index contributed by atoms with van der Waals surface area (Å²) < 4.78 is 0. The molecule has 0 fully saturated rings. The van der Waals surface area contributed by atoms with Gasteiger partial charge in [-0.05, 0) is 0 Å². The zero-order valence-electron chi connectivity index (χ0n) is 11.6. The average Bonchev–Trinajstić information content (AvgIpc) is 2.20. The van der Waals surface area contributed by atoms with Gasteiger partial charge in [-0.3, -0.25) is 0 Å². The van der Waals surface area contributed by atoms with Crippen LogP contribution in [0.25, 0.3) is 10.6 Å². The Bertz CT molecular complexity index is 34.6. The number of nitrogens with zero attached hydrogens (tertiary/aromatic N) is 2. The Balaban J connectivity index is -0.0000000293. The van der Waals surface area contributed by atoms with Crippen LogP contribution in [0, 0.1) is 13.8 Å². The van der Waals surface area contributed by atoms with Gasteiger partial charge in [0.15, 0.2) is 0 Å². The molecule has 3 heteroatoms. The van der Waals surface area contributed by atoms with Gasteiger partial charge in [0.25, 0.3) is 0 Å². The number of unbranched alkanes of at least 4 members (excludes halogenated alkanes) is 2. The fourth-order valence-corrected chi connectivity index (χ4v) is 0. The Kier molecular flexibility index (Phi) is 122. The van der Waals surface area contributed by atoms with E-state index < -0.39 is 0 Å². The molecule has 0 N–H and O–H groups in total. The Labute approximate surface area is 115 Å². The van der Waals surface area contributed by atoms with E-state index in [-0.39, 0.29) is 22.4 Å². The van der Waals surface area contributed by atoms with Crippen molar-refractivity contribution in [3.05, 3.63) is 24.5 Å². The van der Waals surface area contributed by atoms with Crippen molar-refractivity contribution >= 4 is 0 Å². The third-order valence-electron chi connectivity index (χ3n) is 0.707. The van der Waals surface area contributed by atoms with Gasteiger partial charge < -0.3 is 24.5 Å². The van der Waals surface area contributed by atoms with Crippen molar-refractivity contribution in [1.29, 1.82) is 0 Å². The van der Waals surface area contributed by atoms with Gasteiger partial charge in [0.05, 0.1) is 0 Å². The summed E-state index contributed by atoms with van der Waals surface area (Å²) in [5.74, 6) is 0. The van der Waals surface area contributed by atoms with Crippen LogP contribution < -0.4 is 0 Å². The summed E-state index contributed by atoms with van der Waals surface area (Å²) in [5.41, 5.74) is 0. The minimum atomic E-state index is 0. The van der Waals surface area contributed by atoms with Crippen molar-refractivity contribution in [2.24, 2.45) is 0 Å². The molecule has 0 aromatic rings. The van der Waals surface area contributed by atoms with Crippen LogP contribution in [-0.4, -0.2) is 28.2 Å². The molecular weight excluding hydrogens is 353 g/mol.